The zero-order chi connectivity index (χ0) is 56.1. The average molecular weight is 1080 g/mol. The number of hydrogen-bond donors (Lipinski definition) is 3. The molecule has 77 heavy (non-hydrogen) atoms. The fraction of sp³-hybridized carbons (Fsp3) is 0.692. The van der Waals surface area contributed by atoms with E-state index in [0.29, 0.717) is 19.3 Å². The first-order valence-corrected chi connectivity index (χ1v) is 30.2. The Morgan fingerprint density at radius 3 is 1.27 bits per heavy atom. The monoisotopic (exact) mass is 1080 g/mol. The third-order valence-electron chi connectivity index (χ3n) is 13.1. The van der Waals surface area contributed by atoms with Crippen LogP contribution in [-0.4, -0.2) is 89.2 Å². The van der Waals surface area contributed by atoms with Gasteiger partial charge in [-0.3, -0.25) is 14.4 Å². The lowest BCUT2D eigenvalue weighted by atomic mass is 9.98. The number of unbranched alkanes of at least 4 members (excludes halogenated alkanes) is 20. The number of carbonyl (C=O) groups is 4. The van der Waals surface area contributed by atoms with Gasteiger partial charge in [0.25, 0.3) is 0 Å². The summed E-state index contributed by atoms with van der Waals surface area (Å²) in [5, 5.41) is 31.5. The van der Waals surface area contributed by atoms with E-state index < -0.39 is 67.3 Å². The van der Waals surface area contributed by atoms with Gasteiger partial charge < -0.3 is 39.0 Å². The second kappa shape index (κ2) is 52.3. The number of hydrogen-bond acceptors (Lipinski definition) is 11. The van der Waals surface area contributed by atoms with Gasteiger partial charge in [0.2, 0.25) is 0 Å². The Hall–Kier alpha value is -4.36. The summed E-state index contributed by atoms with van der Waals surface area (Å²) in [7, 11) is 0. The van der Waals surface area contributed by atoms with Gasteiger partial charge in [0.1, 0.15) is 18.8 Å². The standard InChI is InChI=1S/C65H106O12/c1-4-7-10-13-16-19-22-25-28-29-32-35-38-41-44-47-50-53-59(68)76-63-61(70)60(69)62(64(71)72)77-65(63)74-55-56(75-58(67)52-49-46-43-40-37-34-31-27-24-21-18-15-12-9-6-3)54-73-57(66)51-48-45-42-39-36-33-30-26-23-20-17-14-11-8-5-2/h8,11,16-21,25-28,30-31,36,39,56,60-63,65,69-70H,4-7,9-10,12-15,22-24,29,32-35,37-38,40-55H2,1-3H3,(H,71,72)/b11-8-,19-16-,20-17-,21-18-,28-25-,30-26-,31-27-,39-36-. The van der Waals surface area contributed by atoms with E-state index in [1.165, 1.54) is 38.5 Å². The van der Waals surface area contributed by atoms with Crippen molar-refractivity contribution in [1.29, 1.82) is 0 Å². The first-order chi connectivity index (χ1) is 37.6. The van der Waals surface area contributed by atoms with Crippen LogP contribution in [0.5, 0.6) is 0 Å². The fourth-order valence-electron chi connectivity index (χ4n) is 8.48. The zero-order valence-electron chi connectivity index (χ0n) is 48.2. The van der Waals surface area contributed by atoms with Gasteiger partial charge in [0.05, 0.1) is 6.61 Å². The molecule has 3 N–H and O–H groups in total. The second-order valence-electron chi connectivity index (χ2n) is 20.2. The number of aliphatic hydroxyl groups is 2. The normalized spacial score (nSPS) is 18.7. The van der Waals surface area contributed by atoms with E-state index in [2.05, 4.69) is 118 Å². The van der Waals surface area contributed by atoms with Crippen molar-refractivity contribution in [2.24, 2.45) is 0 Å². The molecule has 438 valence electrons. The Morgan fingerprint density at radius 1 is 0.442 bits per heavy atom. The number of carboxylic acid groups (broad SMARTS) is 1. The van der Waals surface area contributed by atoms with Crippen molar-refractivity contribution in [3.05, 3.63) is 97.2 Å². The van der Waals surface area contributed by atoms with Gasteiger partial charge >= 0.3 is 23.9 Å². The molecular formula is C65H106O12. The highest BCUT2D eigenvalue weighted by atomic mass is 16.7. The highest BCUT2D eigenvalue weighted by Gasteiger charge is 2.50. The molecule has 1 rings (SSSR count). The third-order valence-corrected chi connectivity index (χ3v) is 13.1. The molecule has 0 aliphatic carbocycles. The maximum absolute atomic E-state index is 13.1. The number of rotatable bonds is 50. The van der Waals surface area contributed by atoms with Gasteiger partial charge in [-0.05, 0) is 122 Å². The zero-order valence-corrected chi connectivity index (χ0v) is 48.2. The summed E-state index contributed by atoms with van der Waals surface area (Å²) in [6.45, 7) is 5.77. The molecule has 12 heteroatoms. The number of aliphatic carboxylic acids is 1. The quantitative estimate of drug-likeness (QED) is 0.0228. The number of esters is 3. The Bertz CT molecular complexity index is 1710. The number of carbonyl (C=O) groups excluding carboxylic acids is 3. The van der Waals surface area contributed by atoms with Crippen molar-refractivity contribution in [3.63, 3.8) is 0 Å². The van der Waals surface area contributed by atoms with Crippen LogP contribution in [0.3, 0.4) is 0 Å². The van der Waals surface area contributed by atoms with E-state index >= 15 is 0 Å². The lowest BCUT2D eigenvalue weighted by Gasteiger charge is -2.40. The number of aliphatic hydroxyl groups excluding tert-OH is 2. The van der Waals surface area contributed by atoms with Gasteiger partial charge in [0.15, 0.2) is 24.6 Å². The van der Waals surface area contributed by atoms with Gasteiger partial charge in [-0.15, -0.1) is 0 Å². The summed E-state index contributed by atoms with van der Waals surface area (Å²) in [4.78, 5) is 51.2. The van der Waals surface area contributed by atoms with Crippen molar-refractivity contribution in [1.82, 2.24) is 0 Å². The summed E-state index contributed by atoms with van der Waals surface area (Å²) < 4.78 is 28.4. The molecule has 1 aliphatic rings. The number of carboxylic acids is 1. The number of allylic oxidation sites excluding steroid dienone is 16. The molecule has 1 saturated heterocycles. The van der Waals surface area contributed by atoms with Crippen LogP contribution in [0.2, 0.25) is 0 Å². The van der Waals surface area contributed by atoms with Crippen molar-refractivity contribution < 1.29 is 58.2 Å². The van der Waals surface area contributed by atoms with Gasteiger partial charge in [0, 0.05) is 19.3 Å². The predicted octanol–water partition coefficient (Wildman–Crippen LogP) is 15.7. The van der Waals surface area contributed by atoms with Crippen LogP contribution in [0.1, 0.15) is 239 Å². The Balaban J connectivity index is 2.73. The molecule has 0 saturated carbocycles. The highest BCUT2D eigenvalue weighted by molar-refractivity contribution is 5.74. The van der Waals surface area contributed by atoms with Crippen molar-refractivity contribution in [2.75, 3.05) is 13.2 Å². The van der Waals surface area contributed by atoms with E-state index in [0.717, 1.165) is 141 Å². The minimum Gasteiger partial charge on any atom is -0.479 e. The first kappa shape index (κ1) is 70.7. The Kier molecular flexibility index (Phi) is 48.0. The lowest BCUT2D eigenvalue weighted by molar-refractivity contribution is -0.301. The summed E-state index contributed by atoms with van der Waals surface area (Å²) in [6.07, 6.45) is 56.5. The van der Waals surface area contributed by atoms with Crippen molar-refractivity contribution in [3.8, 4) is 0 Å². The third kappa shape index (κ3) is 42.3. The summed E-state index contributed by atoms with van der Waals surface area (Å²) in [5.74, 6) is -3.21. The van der Waals surface area contributed by atoms with E-state index in [4.69, 9.17) is 23.7 Å². The summed E-state index contributed by atoms with van der Waals surface area (Å²) >= 11 is 0. The van der Waals surface area contributed by atoms with Gasteiger partial charge in [-0.25, -0.2) is 4.79 Å². The maximum atomic E-state index is 13.1. The van der Waals surface area contributed by atoms with Crippen LogP contribution in [0, 0.1) is 0 Å². The second-order valence-corrected chi connectivity index (χ2v) is 20.2. The maximum Gasteiger partial charge on any atom is 0.335 e. The molecule has 12 nitrogen and oxygen atoms in total. The van der Waals surface area contributed by atoms with E-state index in [1.54, 1.807) is 0 Å². The molecule has 1 aliphatic heterocycles. The molecule has 0 bridgehead atoms. The minimum atomic E-state index is -1.92. The molecule has 0 aromatic carbocycles. The van der Waals surface area contributed by atoms with E-state index in [-0.39, 0.29) is 25.9 Å². The molecule has 1 fully saturated rings. The number of ether oxygens (including phenoxy) is 5. The molecule has 1 heterocycles. The van der Waals surface area contributed by atoms with Crippen LogP contribution >= 0.6 is 0 Å². The lowest BCUT2D eigenvalue weighted by Crippen LogP contribution is -2.61. The van der Waals surface area contributed by atoms with E-state index in [1.807, 2.05) is 0 Å². The summed E-state index contributed by atoms with van der Waals surface area (Å²) in [6, 6.07) is 0. The smallest absolute Gasteiger partial charge is 0.335 e. The highest BCUT2D eigenvalue weighted by Crippen LogP contribution is 2.26. The molecule has 6 atom stereocenters. The molecule has 6 unspecified atom stereocenters. The van der Waals surface area contributed by atoms with Crippen LogP contribution < -0.4 is 0 Å². The SMILES string of the molecule is CC/C=C\C/C=C\C/C=C\C/C=C\CCCCC(=O)OCC(COC1OC(C(=O)O)C(O)C(O)C1OC(=O)CCCCCCCCC/C=C\C/C=C\CCCCC)OC(=O)CCCCCCC/C=C\C/C=C\CCCCC. The molecule has 0 amide bonds. The molecule has 0 radical (unpaired) electrons. The Labute approximate surface area is 466 Å². The molecule has 0 aromatic heterocycles. The van der Waals surface area contributed by atoms with Crippen LogP contribution in [0.4, 0.5) is 0 Å². The van der Waals surface area contributed by atoms with Crippen LogP contribution in [0.15, 0.2) is 97.2 Å². The predicted molar refractivity (Wildman–Crippen MR) is 312 cm³/mol. The van der Waals surface area contributed by atoms with Crippen molar-refractivity contribution in [2.45, 2.75) is 276 Å². The first-order valence-electron chi connectivity index (χ1n) is 30.2. The molecular weight excluding hydrogens is 973 g/mol. The minimum absolute atomic E-state index is 0.0417. The largest absolute Gasteiger partial charge is 0.479 e. The molecule has 0 spiro atoms. The average Bonchev–Trinajstić information content (AvgIpc) is 3.42. The summed E-state index contributed by atoms with van der Waals surface area (Å²) in [5.41, 5.74) is 0. The van der Waals surface area contributed by atoms with Gasteiger partial charge in [-0.2, -0.15) is 0 Å². The van der Waals surface area contributed by atoms with Crippen LogP contribution in [-0.2, 0) is 42.9 Å². The van der Waals surface area contributed by atoms with E-state index in [9.17, 15) is 34.5 Å². The molecule has 0 aromatic rings. The van der Waals surface area contributed by atoms with Gasteiger partial charge in [-0.1, -0.05) is 195 Å². The van der Waals surface area contributed by atoms with Crippen molar-refractivity contribution >= 4 is 23.9 Å². The van der Waals surface area contributed by atoms with Crippen LogP contribution in [0.25, 0.3) is 0 Å². The fourth-order valence-corrected chi connectivity index (χ4v) is 8.48. The topological polar surface area (TPSA) is 175 Å². The Morgan fingerprint density at radius 2 is 0.818 bits per heavy atom.